The fourth-order valence-electron chi connectivity index (χ4n) is 1.24. The van der Waals surface area contributed by atoms with Gasteiger partial charge in [0.2, 0.25) is 0 Å². The summed E-state index contributed by atoms with van der Waals surface area (Å²) >= 11 is 0. The Balaban J connectivity index is 2.13. The number of hydrogen-bond donors (Lipinski definition) is 0. The number of rotatable bonds is 0. The molecule has 0 aromatic carbocycles. The topological polar surface area (TPSA) is 18.5 Å². The average molecular weight is 155 g/mol. The molecule has 0 aromatic rings. The Morgan fingerprint density at radius 1 is 1.64 bits per heavy atom. The molecule has 2 rings (SSSR count). The third-order valence-corrected chi connectivity index (χ3v) is 1.79. The maximum Gasteiger partial charge on any atom is 0.147 e. The fourth-order valence-corrected chi connectivity index (χ4v) is 1.24. The monoisotopic (exact) mass is 155 g/mol. The van der Waals surface area contributed by atoms with E-state index in [2.05, 4.69) is 6.08 Å². The molecule has 2 nitrogen and oxygen atoms in total. The Morgan fingerprint density at radius 3 is 3.45 bits per heavy atom. The zero-order chi connectivity index (χ0) is 7.68. The van der Waals surface area contributed by atoms with Crippen LogP contribution in [-0.2, 0) is 9.47 Å². The summed E-state index contributed by atoms with van der Waals surface area (Å²) < 4.78 is 22.7. The lowest BCUT2D eigenvalue weighted by Crippen LogP contribution is -2.33. The van der Waals surface area contributed by atoms with E-state index in [4.69, 9.17) is 9.47 Å². The van der Waals surface area contributed by atoms with Crippen LogP contribution in [0.3, 0.4) is 0 Å². The Kier molecular flexibility index (Phi) is 1.75. The van der Waals surface area contributed by atoms with Crippen molar-refractivity contribution in [2.24, 2.45) is 5.92 Å². The number of hydrogen-bond acceptors (Lipinski definition) is 2. The third-order valence-electron chi connectivity index (χ3n) is 1.79. The van der Waals surface area contributed by atoms with Gasteiger partial charge in [-0.3, -0.25) is 0 Å². The predicted molar refractivity (Wildman–Crippen MR) is 36.2 cm³/mol. The molecule has 1 saturated heterocycles. The van der Waals surface area contributed by atoms with E-state index in [0.717, 1.165) is 0 Å². The molecule has 0 amide bonds. The SMILES string of the molecule is FC1=CC2COCOC2[C]=C1. The van der Waals surface area contributed by atoms with Crippen molar-refractivity contribution in [2.75, 3.05) is 13.4 Å². The van der Waals surface area contributed by atoms with E-state index in [0.29, 0.717) is 6.61 Å². The average Bonchev–Trinajstić information content (AvgIpc) is 2.04. The van der Waals surface area contributed by atoms with E-state index >= 15 is 0 Å². The molecular weight excluding hydrogens is 147 g/mol. The molecule has 0 N–H and O–H groups in total. The van der Waals surface area contributed by atoms with Crippen molar-refractivity contribution >= 4 is 0 Å². The van der Waals surface area contributed by atoms with Crippen molar-refractivity contribution in [3.8, 4) is 0 Å². The van der Waals surface area contributed by atoms with Gasteiger partial charge in [0.25, 0.3) is 0 Å². The highest BCUT2D eigenvalue weighted by Gasteiger charge is 2.25. The molecule has 1 heterocycles. The Hall–Kier alpha value is -0.670. The summed E-state index contributed by atoms with van der Waals surface area (Å²) in [5.74, 6) is -0.242. The van der Waals surface area contributed by atoms with Crippen molar-refractivity contribution in [1.82, 2.24) is 0 Å². The minimum Gasteiger partial charge on any atom is -0.355 e. The molecule has 2 unspecified atom stereocenters. The number of allylic oxidation sites excluding steroid dienone is 2. The van der Waals surface area contributed by atoms with E-state index in [-0.39, 0.29) is 24.6 Å². The summed E-state index contributed by atoms with van der Waals surface area (Å²) in [4.78, 5) is 0. The van der Waals surface area contributed by atoms with E-state index in [1.54, 1.807) is 0 Å². The van der Waals surface area contributed by atoms with Gasteiger partial charge >= 0.3 is 0 Å². The van der Waals surface area contributed by atoms with Gasteiger partial charge in [0.1, 0.15) is 12.6 Å². The standard InChI is InChI=1S/C8H8FO2/c9-7-1-2-8-6(3-7)4-10-5-11-8/h1,3,6,8H,4-5H2. The van der Waals surface area contributed by atoms with E-state index in [9.17, 15) is 4.39 Å². The molecule has 1 aliphatic heterocycles. The predicted octanol–water partition coefficient (Wildman–Crippen LogP) is 1.20. The van der Waals surface area contributed by atoms with Crippen molar-refractivity contribution in [1.29, 1.82) is 0 Å². The van der Waals surface area contributed by atoms with Crippen LogP contribution in [0.25, 0.3) is 0 Å². The first kappa shape index (κ1) is 7.00. The zero-order valence-corrected chi connectivity index (χ0v) is 5.92. The highest BCUT2D eigenvalue weighted by molar-refractivity contribution is 5.18. The van der Waals surface area contributed by atoms with Crippen molar-refractivity contribution < 1.29 is 13.9 Å². The zero-order valence-electron chi connectivity index (χ0n) is 5.92. The Labute approximate surface area is 64.3 Å². The summed E-state index contributed by atoms with van der Waals surface area (Å²) in [6, 6.07) is 0. The summed E-state index contributed by atoms with van der Waals surface area (Å²) in [6.45, 7) is 0.816. The third kappa shape index (κ3) is 1.34. The maximum atomic E-state index is 12.6. The minimum atomic E-state index is -0.250. The second kappa shape index (κ2) is 2.75. The molecule has 11 heavy (non-hydrogen) atoms. The minimum absolute atomic E-state index is 0.00810. The van der Waals surface area contributed by atoms with Crippen LogP contribution in [0.15, 0.2) is 18.0 Å². The summed E-state index contributed by atoms with van der Waals surface area (Å²) in [5, 5.41) is 0. The van der Waals surface area contributed by atoms with Gasteiger partial charge in [0.05, 0.1) is 12.7 Å². The van der Waals surface area contributed by atoms with Gasteiger partial charge < -0.3 is 9.47 Å². The molecule has 0 bridgehead atoms. The fraction of sp³-hybridized carbons (Fsp3) is 0.500. The quantitative estimate of drug-likeness (QED) is 0.523. The van der Waals surface area contributed by atoms with Crippen LogP contribution >= 0.6 is 0 Å². The molecule has 2 aliphatic rings. The van der Waals surface area contributed by atoms with E-state index < -0.39 is 0 Å². The van der Waals surface area contributed by atoms with Gasteiger partial charge in [-0.2, -0.15) is 0 Å². The largest absolute Gasteiger partial charge is 0.355 e. The number of ether oxygens (including phenoxy) is 2. The molecule has 3 heteroatoms. The van der Waals surface area contributed by atoms with Crippen LogP contribution in [0.1, 0.15) is 0 Å². The van der Waals surface area contributed by atoms with Gasteiger partial charge in [-0.25, -0.2) is 4.39 Å². The molecule has 0 saturated carbocycles. The molecule has 1 aliphatic carbocycles. The normalized spacial score (nSPS) is 36.3. The van der Waals surface area contributed by atoms with E-state index in [1.807, 2.05) is 0 Å². The summed E-state index contributed by atoms with van der Waals surface area (Å²) in [5.41, 5.74) is 0. The van der Waals surface area contributed by atoms with Crippen LogP contribution in [0.5, 0.6) is 0 Å². The molecule has 0 aromatic heterocycles. The van der Waals surface area contributed by atoms with Crippen LogP contribution in [-0.4, -0.2) is 19.5 Å². The smallest absolute Gasteiger partial charge is 0.147 e. The second-order valence-electron chi connectivity index (χ2n) is 2.60. The first-order valence-electron chi connectivity index (χ1n) is 3.52. The first-order valence-corrected chi connectivity index (χ1v) is 3.52. The lowest BCUT2D eigenvalue weighted by molar-refractivity contribution is -0.146. The number of halogens is 1. The van der Waals surface area contributed by atoms with Gasteiger partial charge in [0, 0.05) is 5.92 Å². The van der Waals surface area contributed by atoms with Crippen molar-refractivity contribution in [3.63, 3.8) is 0 Å². The second-order valence-corrected chi connectivity index (χ2v) is 2.60. The van der Waals surface area contributed by atoms with Gasteiger partial charge in [-0.15, -0.1) is 0 Å². The highest BCUT2D eigenvalue weighted by atomic mass is 19.1. The Bertz CT molecular complexity index is 210. The van der Waals surface area contributed by atoms with Crippen LogP contribution in [0.4, 0.5) is 4.39 Å². The molecule has 2 atom stereocenters. The van der Waals surface area contributed by atoms with Crippen LogP contribution in [0, 0.1) is 12.0 Å². The molecule has 1 fully saturated rings. The molecular formula is C8H8FO2. The lowest BCUT2D eigenvalue weighted by atomic mass is 9.97. The van der Waals surface area contributed by atoms with Crippen molar-refractivity contribution in [3.05, 3.63) is 24.1 Å². The summed E-state index contributed by atoms with van der Waals surface area (Å²) in [6.07, 6.45) is 5.52. The highest BCUT2D eigenvalue weighted by Crippen LogP contribution is 2.23. The molecule has 0 spiro atoms. The first-order chi connectivity index (χ1) is 5.36. The van der Waals surface area contributed by atoms with Gasteiger partial charge in [-0.05, 0) is 18.2 Å². The molecule has 1 radical (unpaired) electrons. The maximum absolute atomic E-state index is 12.6. The molecule has 59 valence electrons. The Morgan fingerprint density at radius 2 is 2.55 bits per heavy atom. The van der Waals surface area contributed by atoms with E-state index in [1.165, 1.54) is 12.2 Å². The van der Waals surface area contributed by atoms with Gasteiger partial charge in [-0.1, -0.05) is 0 Å². The lowest BCUT2D eigenvalue weighted by Gasteiger charge is -2.28. The van der Waals surface area contributed by atoms with Crippen LogP contribution in [0.2, 0.25) is 0 Å². The van der Waals surface area contributed by atoms with Crippen molar-refractivity contribution in [2.45, 2.75) is 6.10 Å². The number of fused-ring (bicyclic) bond motifs is 1. The van der Waals surface area contributed by atoms with Gasteiger partial charge in [0.15, 0.2) is 0 Å². The van der Waals surface area contributed by atoms with Crippen LogP contribution < -0.4 is 0 Å². The summed E-state index contributed by atoms with van der Waals surface area (Å²) in [7, 11) is 0.